The van der Waals surface area contributed by atoms with Gasteiger partial charge in [0.2, 0.25) is 0 Å². The molecule has 0 spiro atoms. The largest absolute Gasteiger partial charge is 0.490 e. The standard InChI is InChI=1S/C21H19NO2S2/c1-13-10-17-9-8-15(11-18(17)24-13)12-19-20(23)22(21(25)26-19)14(2)16-6-4-3-5-7-16/h3-9,11-14H,10H2,1-2H3. The number of rotatable bonds is 3. The highest BCUT2D eigenvalue weighted by Gasteiger charge is 2.36. The van der Waals surface area contributed by atoms with Crippen molar-refractivity contribution in [1.29, 1.82) is 0 Å². The summed E-state index contributed by atoms with van der Waals surface area (Å²) in [6.07, 6.45) is 3.06. The molecule has 0 bridgehead atoms. The van der Waals surface area contributed by atoms with E-state index in [1.807, 2.05) is 55.5 Å². The van der Waals surface area contributed by atoms with E-state index in [0.29, 0.717) is 9.23 Å². The molecule has 3 nitrogen and oxygen atoms in total. The number of fused-ring (bicyclic) bond motifs is 1. The molecule has 1 amide bonds. The maximum absolute atomic E-state index is 12.9. The second-order valence-corrected chi connectivity index (χ2v) is 8.31. The van der Waals surface area contributed by atoms with Gasteiger partial charge in [-0.15, -0.1) is 0 Å². The summed E-state index contributed by atoms with van der Waals surface area (Å²) < 4.78 is 6.42. The van der Waals surface area contributed by atoms with Crippen molar-refractivity contribution >= 4 is 40.3 Å². The number of carbonyl (C=O) groups excluding carboxylic acids is 1. The molecular formula is C21H19NO2S2. The first kappa shape index (κ1) is 17.3. The number of amides is 1. The summed E-state index contributed by atoms with van der Waals surface area (Å²) in [4.78, 5) is 15.3. The third kappa shape index (κ3) is 3.17. The van der Waals surface area contributed by atoms with Crippen molar-refractivity contribution < 1.29 is 9.53 Å². The molecular weight excluding hydrogens is 362 g/mol. The van der Waals surface area contributed by atoms with Crippen molar-refractivity contribution in [3.63, 3.8) is 0 Å². The Hall–Kier alpha value is -2.11. The smallest absolute Gasteiger partial charge is 0.266 e. The molecule has 0 saturated carbocycles. The fraction of sp³-hybridized carbons (Fsp3) is 0.238. The van der Waals surface area contributed by atoms with Crippen LogP contribution in [0.3, 0.4) is 0 Å². The van der Waals surface area contributed by atoms with E-state index < -0.39 is 0 Å². The van der Waals surface area contributed by atoms with E-state index >= 15 is 0 Å². The van der Waals surface area contributed by atoms with Crippen molar-refractivity contribution in [3.8, 4) is 5.75 Å². The molecule has 132 valence electrons. The van der Waals surface area contributed by atoms with Crippen LogP contribution in [0.25, 0.3) is 6.08 Å². The lowest BCUT2D eigenvalue weighted by Crippen LogP contribution is -2.30. The Bertz CT molecular complexity index is 907. The normalized spacial score (nSPS) is 21.8. The van der Waals surface area contributed by atoms with Crippen molar-refractivity contribution in [1.82, 2.24) is 4.90 Å². The van der Waals surface area contributed by atoms with Gasteiger partial charge < -0.3 is 4.74 Å². The van der Waals surface area contributed by atoms with Gasteiger partial charge in [-0.05, 0) is 42.7 Å². The maximum Gasteiger partial charge on any atom is 0.266 e. The zero-order valence-electron chi connectivity index (χ0n) is 14.6. The molecule has 0 N–H and O–H groups in total. The molecule has 2 aromatic carbocycles. The summed E-state index contributed by atoms with van der Waals surface area (Å²) in [6.45, 7) is 4.07. The van der Waals surface area contributed by atoms with Crippen LogP contribution in [-0.4, -0.2) is 21.2 Å². The molecule has 0 radical (unpaired) electrons. The molecule has 4 rings (SSSR count). The zero-order valence-corrected chi connectivity index (χ0v) is 16.3. The zero-order chi connectivity index (χ0) is 18.3. The highest BCUT2D eigenvalue weighted by Crippen LogP contribution is 2.38. The summed E-state index contributed by atoms with van der Waals surface area (Å²) in [5, 5.41) is 0. The number of hydrogen-bond donors (Lipinski definition) is 0. The van der Waals surface area contributed by atoms with Crippen molar-refractivity contribution in [3.05, 3.63) is 70.1 Å². The average molecular weight is 382 g/mol. The Labute approximate surface area is 163 Å². The lowest BCUT2D eigenvalue weighted by Gasteiger charge is -2.23. The summed E-state index contributed by atoms with van der Waals surface area (Å²) in [5.41, 5.74) is 3.26. The van der Waals surface area contributed by atoms with Crippen molar-refractivity contribution in [2.75, 3.05) is 0 Å². The van der Waals surface area contributed by atoms with Gasteiger partial charge in [-0.2, -0.15) is 0 Å². The van der Waals surface area contributed by atoms with Crippen LogP contribution in [0, 0.1) is 0 Å². The molecule has 0 aliphatic carbocycles. The Morgan fingerprint density at radius 1 is 1.27 bits per heavy atom. The van der Waals surface area contributed by atoms with E-state index in [2.05, 4.69) is 13.0 Å². The van der Waals surface area contributed by atoms with Crippen LogP contribution in [0.4, 0.5) is 0 Å². The Balaban J connectivity index is 1.59. The third-order valence-electron chi connectivity index (χ3n) is 4.72. The van der Waals surface area contributed by atoms with Gasteiger partial charge in [0.05, 0.1) is 10.9 Å². The van der Waals surface area contributed by atoms with E-state index in [4.69, 9.17) is 17.0 Å². The molecule has 0 aromatic heterocycles. The predicted molar refractivity (Wildman–Crippen MR) is 110 cm³/mol. The molecule has 1 fully saturated rings. The van der Waals surface area contributed by atoms with E-state index in [9.17, 15) is 4.79 Å². The number of hydrogen-bond acceptors (Lipinski definition) is 4. The SMILES string of the molecule is CC1Cc2ccc(C=C3SC(=S)N(C(C)c4ccccc4)C3=O)cc2O1. The van der Waals surface area contributed by atoms with Gasteiger partial charge in [0.25, 0.3) is 5.91 Å². The summed E-state index contributed by atoms with van der Waals surface area (Å²) in [6, 6.07) is 16.0. The topological polar surface area (TPSA) is 29.5 Å². The number of ether oxygens (including phenoxy) is 1. The molecule has 2 atom stereocenters. The average Bonchev–Trinajstić information content (AvgIpc) is 3.13. The fourth-order valence-corrected chi connectivity index (χ4v) is 4.77. The Kier molecular flexibility index (Phi) is 4.59. The predicted octanol–water partition coefficient (Wildman–Crippen LogP) is 4.97. The summed E-state index contributed by atoms with van der Waals surface area (Å²) in [7, 11) is 0. The first-order chi connectivity index (χ1) is 12.5. The van der Waals surface area contributed by atoms with Crippen LogP contribution in [0.2, 0.25) is 0 Å². The van der Waals surface area contributed by atoms with E-state index in [0.717, 1.165) is 23.3 Å². The van der Waals surface area contributed by atoms with Crippen LogP contribution >= 0.6 is 24.0 Å². The van der Waals surface area contributed by atoms with Crippen molar-refractivity contribution in [2.24, 2.45) is 0 Å². The Morgan fingerprint density at radius 2 is 2.04 bits per heavy atom. The van der Waals surface area contributed by atoms with Crippen LogP contribution in [0.5, 0.6) is 5.75 Å². The van der Waals surface area contributed by atoms with E-state index in [-0.39, 0.29) is 18.1 Å². The maximum atomic E-state index is 12.9. The lowest BCUT2D eigenvalue weighted by atomic mass is 10.1. The molecule has 2 heterocycles. The molecule has 2 unspecified atom stereocenters. The van der Waals surface area contributed by atoms with Crippen LogP contribution < -0.4 is 4.74 Å². The fourth-order valence-electron chi connectivity index (χ4n) is 3.35. The highest BCUT2D eigenvalue weighted by atomic mass is 32.2. The number of nitrogens with zero attached hydrogens (tertiary/aromatic N) is 1. The number of benzene rings is 2. The van der Waals surface area contributed by atoms with E-state index in [1.54, 1.807) is 4.90 Å². The first-order valence-corrected chi connectivity index (χ1v) is 9.87. The van der Waals surface area contributed by atoms with Gasteiger partial charge in [0, 0.05) is 6.42 Å². The highest BCUT2D eigenvalue weighted by molar-refractivity contribution is 8.26. The van der Waals surface area contributed by atoms with Crippen LogP contribution in [0.15, 0.2) is 53.4 Å². The van der Waals surface area contributed by atoms with Gasteiger partial charge in [-0.1, -0.05) is 66.4 Å². The van der Waals surface area contributed by atoms with Crippen LogP contribution in [-0.2, 0) is 11.2 Å². The molecule has 2 aromatic rings. The van der Waals surface area contributed by atoms with Gasteiger partial charge in [-0.25, -0.2) is 0 Å². The number of carbonyl (C=O) groups is 1. The number of thioether (sulfide) groups is 1. The summed E-state index contributed by atoms with van der Waals surface area (Å²) in [5.74, 6) is 0.880. The van der Waals surface area contributed by atoms with Gasteiger partial charge in [0.1, 0.15) is 16.2 Å². The minimum absolute atomic E-state index is 0.0360. The van der Waals surface area contributed by atoms with Crippen molar-refractivity contribution in [2.45, 2.75) is 32.4 Å². The monoisotopic (exact) mass is 381 g/mol. The Morgan fingerprint density at radius 3 is 2.81 bits per heavy atom. The quantitative estimate of drug-likeness (QED) is 0.554. The molecule has 5 heteroatoms. The molecule has 2 aliphatic rings. The first-order valence-electron chi connectivity index (χ1n) is 8.64. The van der Waals surface area contributed by atoms with Crippen LogP contribution in [0.1, 0.15) is 36.6 Å². The second-order valence-electron chi connectivity index (χ2n) is 6.64. The minimum atomic E-state index is -0.0844. The van der Waals surface area contributed by atoms with Gasteiger partial charge in [0.15, 0.2) is 0 Å². The van der Waals surface area contributed by atoms with E-state index in [1.165, 1.54) is 17.3 Å². The minimum Gasteiger partial charge on any atom is -0.490 e. The number of thiocarbonyl (C=S) groups is 1. The molecule has 2 aliphatic heterocycles. The molecule has 1 saturated heterocycles. The second kappa shape index (κ2) is 6.89. The molecule has 26 heavy (non-hydrogen) atoms. The van der Waals surface area contributed by atoms with Gasteiger partial charge >= 0.3 is 0 Å². The summed E-state index contributed by atoms with van der Waals surface area (Å²) >= 11 is 6.85. The van der Waals surface area contributed by atoms with Gasteiger partial charge in [-0.3, -0.25) is 9.69 Å². The third-order valence-corrected chi connectivity index (χ3v) is 6.05. The lowest BCUT2D eigenvalue weighted by molar-refractivity contribution is -0.123.